The van der Waals surface area contributed by atoms with E-state index in [-0.39, 0.29) is 11.4 Å². The standard InChI is InChI=1S/C8H16O2S/c1-3-4-5-6-8(9)10-7(2)11/h7,11H,3-6H2,1-2H3. The van der Waals surface area contributed by atoms with Crippen LogP contribution < -0.4 is 0 Å². The zero-order valence-electron chi connectivity index (χ0n) is 7.17. The van der Waals surface area contributed by atoms with Crippen molar-refractivity contribution >= 4 is 18.6 Å². The van der Waals surface area contributed by atoms with Gasteiger partial charge in [0.05, 0.1) is 0 Å². The number of thiol groups is 1. The highest BCUT2D eigenvalue weighted by Crippen LogP contribution is 2.03. The Morgan fingerprint density at radius 3 is 2.64 bits per heavy atom. The average molecular weight is 176 g/mol. The van der Waals surface area contributed by atoms with Gasteiger partial charge in [-0.1, -0.05) is 19.8 Å². The molecule has 11 heavy (non-hydrogen) atoms. The van der Waals surface area contributed by atoms with Crippen molar-refractivity contribution in [3.05, 3.63) is 0 Å². The first-order chi connectivity index (χ1) is 5.16. The normalized spacial score (nSPS) is 12.6. The summed E-state index contributed by atoms with van der Waals surface area (Å²) in [5, 5.41) is 0. The Balaban J connectivity index is 3.23. The van der Waals surface area contributed by atoms with Crippen LogP contribution in [0, 0.1) is 0 Å². The van der Waals surface area contributed by atoms with Gasteiger partial charge in [0, 0.05) is 6.42 Å². The Morgan fingerprint density at radius 1 is 1.55 bits per heavy atom. The second-order valence-corrected chi connectivity index (χ2v) is 3.27. The molecule has 2 nitrogen and oxygen atoms in total. The van der Waals surface area contributed by atoms with Gasteiger partial charge in [0.1, 0.15) is 5.44 Å². The summed E-state index contributed by atoms with van der Waals surface area (Å²) in [7, 11) is 0. The first kappa shape index (κ1) is 10.8. The van der Waals surface area contributed by atoms with Crippen LogP contribution in [0.5, 0.6) is 0 Å². The third kappa shape index (κ3) is 7.72. The molecule has 0 spiro atoms. The fraction of sp³-hybridized carbons (Fsp3) is 0.875. The number of rotatable bonds is 5. The molecule has 66 valence electrons. The molecule has 0 radical (unpaired) electrons. The van der Waals surface area contributed by atoms with Crippen molar-refractivity contribution in [1.29, 1.82) is 0 Å². The lowest BCUT2D eigenvalue weighted by Gasteiger charge is -2.05. The second kappa shape index (κ2) is 6.53. The Kier molecular flexibility index (Phi) is 6.42. The lowest BCUT2D eigenvalue weighted by molar-refractivity contribution is -0.144. The Hall–Kier alpha value is -0.180. The molecule has 0 saturated carbocycles. The summed E-state index contributed by atoms with van der Waals surface area (Å²) in [6.45, 7) is 3.84. The van der Waals surface area contributed by atoms with Crippen LogP contribution in [-0.4, -0.2) is 11.4 Å². The molecular formula is C8H16O2S. The smallest absolute Gasteiger partial charge is 0.306 e. The molecule has 0 aliphatic heterocycles. The minimum atomic E-state index is -0.274. The topological polar surface area (TPSA) is 26.3 Å². The number of esters is 1. The summed E-state index contributed by atoms with van der Waals surface area (Å²) in [5.41, 5.74) is -0.274. The number of hydrogen-bond acceptors (Lipinski definition) is 3. The third-order valence-corrected chi connectivity index (χ3v) is 1.39. The van der Waals surface area contributed by atoms with Crippen LogP contribution in [0.1, 0.15) is 39.5 Å². The number of unbranched alkanes of at least 4 members (excludes halogenated alkanes) is 2. The molecule has 0 aliphatic rings. The SMILES string of the molecule is CCCCCC(=O)OC(C)S. The summed E-state index contributed by atoms with van der Waals surface area (Å²) >= 11 is 3.94. The monoisotopic (exact) mass is 176 g/mol. The van der Waals surface area contributed by atoms with E-state index in [0.717, 1.165) is 19.3 Å². The minimum Gasteiger partial charge on any atom is -0.452 e. The van der Waals surface area contributed by atoms with E-state index in [1.807, 2.05) is 0 Å². The first-order valence-electron chi connectivity index (χ1n) is 4.04. The third-order valence-electron chi connectivity index (χ3n) is 1.29. The maximum atomic E-state index is 10.9. The second-order valence-electron chi connectivity index (χ2n) is 2.55. The van der Waals surface area contributed by atoms with Gasteiger partial charge in [-0.05, 0) is 13.3 Å². The summed E-state index contributed by atoms with van der Waals surface area (Å²) in [5.74, 6) is -0.138. The molecule has 3 heteroatoms. The van der Waals surface area contributed by atoms with E-state index in [1.165, 1.54) is 0 Å². The highest BCUT2D eigenvalue weighted by molar-refractivity contribution is 7.80. The molecular weight excluding hydrogens is 160 g/mol. The van der Waals surface area contributed by atoms with Gasteiger partial charge in [-0.2, -0.15) is 0 Å². The van der Waals surface area contributed by atoms with Crippen molar-refractivity contribution < 1.29 is 9.53 Å². The lowest BCUT2D eigenvalue weighted by Crippen LogP contribution is -2.08. The van der Waals surface area contributed by atoms with Crippen molar-refractivity contribution in [1.82, 2.24) is 0 Å². The van der Waals surface area contributed by atoms with Crippen LogP contribution in [0.3, 0.4) is 0 Å². The highest BCUT2D eigenvalue weighted by Gasteiger charge is 2.03. The van der Waals surface area contributed by atoms with Gasteiger partial charge in [0.25, 0.3) is 0 Å². The van der Waals surface area contributed by atoms with E-state index < -0.39 is 0 Å². The molecule has 1 atom stereocenters. The summed E-state index contributed by atoms with van der Waals surface area (Å²) < 4.78 is 4.82. The van der Waals surface area contributed by atoms with E-state index in [1.54, 1.807) is 6.92 Å². The van der Waals surface area contributed by atoms with Crippen molar-refractivity contribution in [3.8, 4) is 0 Å². The minimum absolute atomic E-state index is 0.138. The van der Waals surface area contributed by atoms with E-state index >= 15 is 0 Å². The first-order valence-corrected chi connectivity index (χ1v) is 4.56. The highest BCUT2D eigenvalue weighted by atomic mass is 32.1. The maximum Gasteiger partial charge on any atom is 0.306 e. The Labute approximate surface area is 73.7 Å². The molecule has 0 fully saturated rings. The quantitative estimate of drug-likeness (QED) is 0.301. The number of ether oxygens (including phenoxy) is 1. The zero-order valence-corrected chi connectivity index (χ0v) is 8.06. The zero-order chi connectivity index (χ0) is 8.69. The predicted molar refractivity (Wildman–Crippen MR) is 48.7 cm³/mol. The van der Waals surface area contributed by atoms with Gasteiger partial charge in [0.2, 0.25) is 0 Å². The van der Waals surface area contributed by atoms with Crippen LogP contribution in [-0.2, 0) is 9.53 Å². The van der Waals surface area contributed by atoms with Crippen molar-refractivity contribution in [3.63, 3.8) is 0 Å². The molecule has 0 aromatic carbocycles. The lowest BCUT2D eigenvalue weighted by atomic mass is 10.2. The average Bonchev–Trinajstić information content (AvgIpc) is 1.86. The molecule has 1 unspecified atom stereocenters. The Morgan fingerprint density at radius 2 is 2.18 bits per heavy atom. The number of hydrogen-bond donors (Lipinski definition) is 1. The molecule has 0 aromatic heterocycles. The van der Waals surface area contributed by atoms with E-state index in [4.69, 9.17) is 4.74 Å². The molecule has 0 saturated heterocycles. The number of carbonyl (C=O) groups is 1. The summed E-state index contributed by atoms with van der Waals surface area (Å²) in [4.78, 5) is 10.9. The molecule has 0 aliphatic carbocycles. The summed E-state index contributed by atoms with van der Waals surface area (Å²) in [6, 6.07) is 0. The van der Waals surface area contributed by atoms with Gasteiger partial charge in [-0.25, -0.2) is 0 Å². The van der Waals surface area contributed by atoms with E-state index in [2.05, 4.69) is 19.6 Å². The van der Waals surface area contributed by atoms with Crippen LogP contribution >= 0.6 is 12.6 Å². The molecule has 0 amide bonds. The van der Waals surface area contributed by atoms with Crippen LogP contribution in [0.2, 0.25) is 0 Å². The fourth-order valence-corrected chi connectivity index (χ4v) is 0.886. The van der Waals surface area contributed by atoms with E-state index in [9.17, 15) is 4.79 Å². The van der Waals surface area contributed by atoms with Gasteiger partial charge in [-0.3, -0.25) is 4.79 Å². The van der Waals surface area contributed by atoms with Gasteiger partial charge in [-0.15, -0.1) is 12.6 Å². The molecule has 0 bridgehead atoms. The predicted octanol–water partition coefficient (Wildman–Crippen LogP) is 2.39. The van der Waals surface area contributed by atoms with Gasteiger partial charge < -0.3 is 4.74 Å². The van der Waals surface area contributed by atoms with Crippen LogP contribution in [0.4, 0.5) is 0 Å². The van der Waals surface area contributed by atoms with Crippen molar-refractivity contribution in [2.24, 2.45) is 0 Å². The largest absolute Gasteiger partial charge is 0.452 e. The Bertz CT molecular complexity index is 113. The molecule has 0 aromatic rings. The van der Waals surface area contributed by atoms with Gasteiger partial charge in [0.15, 0.2) is 0 Å². The van der Waals surface area contributed by atoms with Crippen LogP contribution in [0.25, 0.3) is 0 Å². The maximum absolute atomic E-state index is 10.9. The molecule has 0 N–H and O–H groups in total. The van der Waals surface area contributed by atoms with Crippen molar-refractivity contribution in [2.45, 2.75) is 45.0 Å². The fourth-order valence-electron chi connectivity index (χ4n) is 0.768. The van der Waals surface area contributed by atoms with Gasteiger partial charge >= 0.3 is 5.97 Å². The van der Waals surface area contributed by atoms with Crippen molar-refractivity contribution in [2.75, 3.05) is 0 Å². The molecule has 0 rings (SSSR count). The van der Waals surface area contributed by atoms with E-state index in [0.29, 0.717) is 6.42 Å². The van der Waals surface area contributed by atoms with Crippen LogP contribution in [0.15, 0.2) is 0 Å². The number of carbonyl (C=O) groups excluding carboxylic acids is 1. The molecule has 0 heterocycles. The summed E-state index contributed by atoms with van der Waals surface area (Å²) in [6.07, 6.45) is 3.67.